The third-order valence-electron chi connectivity index (χ3n) is 2.37. The minimum Gasteiger partial charge on any atom is -0.363 e. The molecule has 0 aliphatic carbocycles. The topological polar surface area (TPSA) is 47.7 Å². The van der Waals surface area contributed by atoms with Gasteiger partial charge < -0.3 is 5.32 Å². The second-order valence-electron chi connectivity index (χ2n) is 3.63. The summed E-state index contributed by atoms with van der Waals surface area (Å²) < 4.78 is 3.66. The summed E-state index contributed by atoms with van der Waals surface area (Å²) in [5, 5.41) is 11.7. The number of rotatable bonds is 3. The second kappa shape index (κ2) is 3.76. The summed E-state index contributed by atoms with van der Waals surface area (Å²) in [4.78, 5) is 0. The van der Waals surface area contributed by atoms with Crippen molar-refractivity contribution >= 4 is 5.82 Å². The van der Waals surface area contributed by atoms with Crippen LogP contribution in [0.25, 0.3) is 0 Å². The van der Waals surface area contributed by atoms with Crippen LogP contribution in [0.3, 0.4) is 0 Å². The summed E-state index contributed by atoms with van der Waals surface area (Å²) in [5.74, 6) is 0.929. The maximum absolute atomic E-state index is 4.32. The van der Waals surface area contributed by atoms with E-state index in [1.807, 2.05) is 38.0 Å². The van der Waals surface area contributed by atoms with Gasteiger partial charge in [0.2, 0.25) is 0 Å². The van der Waals surface area contributed by atoms with Gasteiger partial charge in [0.15, 0.2) is 5.82 Å². The molecule has 5 nitrogen and oxygen atoms in total. The third kappa shape index (κ3) is 2.01. The number of hydrogen-bond donors (Lipinski definition) is 1. The molecule has 0 amide bonds. The molecular weight excluding hydrogens is 190 g/mol. The summed E-state index contributed by atoms with van der Waals surface area (Å²) in [5.41, 5.74) is 2.29. The Morgan fingerprint density at radius 1 is 1.40 bits per heavy atom. The summed E-state index contributed by atoms with van der Waals surface area (Å²) in [6.45, 7) is 2.78. The van der Waals surface area contributed by atoms with E-state index in [4.69, 9.17) is 0 Å². The molecule has 1 N–H and O–H groups in total. The predicted molar refractivity (Wildman–Crippen MR) is 58.5 cm³/mol. The van der Waals surface area contributed by atoms with Crippen LogP contribution < -0.4 is 5.32 Å². The van der Waals surface area contributed by atoms with E-state index in [1.165, 1.54) is 0 Å². The average Bonchev–Trinajstić information content (AvgIpc) is 2.70. The normalized spacial score (nSPS) is 10.6. The van der Waals surface area contributed by atoms with E-state index in [2.05, 4.69) is 15.5 Å². The molecule has 0 bridgehead atoms. The zero-order valence-electron chi connectivity index (χ0n) is 9.23. The molecule has 0 aromatic carbocycles. The van der Waals surface area contributed by atoms with Gasteiger partial charge in [-0.3, -0.25) is 9.36 Å². The molecule has 0 spiro atoms. The maximum Gasteiger partial charge on any atom is 0.151 e. The van der Waals surface area contributed by atoms with Crippen LogP contribution in [-0.2, 0) is 20.6 Å². The second-order valence-corrected chi connectivity index (χ2v) is 3.63. The van der Waals surface area contributed by atoms with Crippen molar-refractivity contribution in [3.05, 3.63) is 29.7 Å². The average molecular weight is 205 g/mol. The van der Waals surface area contributed by atoms with Crippen molar-refractivity contribution in [2.75, 3.05) is 5.32 Å². The zero-order chi connectivity index (χ0) is 10.8. The Morgan fingerprint density at radius 3 is 2.73 bits per heavy atom. The van der Waals surface area contributed by atoms with Gasteiger partial charge in [0.05, 0.1) is 12.2 Å². The van der Waals surface area contributed by atoms with Crippen molar-refractivity contribution in [3.8, 4) is 0 Å². The third-order valence-corrected chi connectivity index (χ3v) is 2.37. The highest BCUT2D eigenvalue weighted by atomic mass is 15.3. The fourth-order valence-electron chi connectivity index (χ4n) is 1.53. The van der Waals surface area contributed by atoms with Gasteiger partial charge in [0.1, 0.15) is 0 Å². The molecule has 80 valence electrons. The molecule has 2 aromatic heterocycles. The van der Waals surface area contributed by atoms with Gasteiger partial charge in [-0.25, -0.2) is 0 Å². The van der Waals surface area contributed by atoms with E-state index in [1.54, 1.807) is 10.9 Å². The first-order valence-electron chi connectivity index (χ1n) is 4.88. The van der Waals surface area contributed by atoms with Crippen molar-refractivity contribution in [2.45, 2.75) is 13.5 Å². The van der Waals surface area contributed by atoms with E-state index in [-0.39, 0.29) is 0 Å². The lowest BCUT2D eigenvalue weighted by atomic mass is 10.3. The van der Waals surface area contributed by atoms with E-state index in [0.29, 0.717) is 0 Å². The van der Waals surface area contributed by atoms with E-state index in [9.17, 15) is 0 Å². The molecule has 0 aliphatic rings. The molecule has 5 heteroatoms. The van der Waals surface area contributed by atoms with Crippen molar-refractivity contribution in [1.82, 2.24) is 19.6 Å². The number of anilines is 1. The SMILES string of the molecule is Cc1cn(C)nc1NCc1ccnn1C. The lowest BCUT2D eigenvalue weighted by Gasteiger charge is -2.04. The van der Waals surface area contributed by atoms with Crippen LogP contribution in [0.2, 0.25) is 0 Å². The fourth-order valence-corrected chi connectivity index (χ4v) is 1.53. The minimum atomic E-state index is 0.744. The summed E-state index contributed by atoms with van der Waals surface area (Å²) in [6, 6.07) is 1.99. The minimum absolute atomic E-state index is 0.744. The van der Waals surface area contributed by atoms with Crippen LogP contribution >= 0.6 is 0 Å². The molecule has 2 aromatic rings. The van der Waals surface area contributed by atoms with Gasteiger partial charge in [-0.15, -0.1) is 0 Å². The molecule has 0 unspecified atom stereocenters. The van der Waals surface area contributed by atoms with Gasteiger partial charge in [0.25, 0.3) is 0 Å². The Balaban J connectivity index is 2.05. The summed E-state index contributed by atoms with van der Waals surface area (Å²) >= 11 is 0. The van der Waals surface area contributed by atoms with Gasteiger partial charge in [-0.05, 0) is 13.0 Å². The van der Waals surface area contributed by atoms with Crippen LogP contribution in [0.5, 0.6) is 0 Å². The van der Waals surface area contributed by atoms with Crippen LogP contribution in [0.4, 0.5) is 5.82 Å². The molecule has 0 radical (unpaired) electrons. The smallest absolute Gasteiger partial charge is 0.151 e. The lowest BCUT2D eigenvalue weighted by molar-refractivity contribution is 0.717. The Morgan fingerprint density at radius 2 is 2.20 bits per heavy atom. The number of hydrogen-bond acceptors (Lipinski definition) is 3. The monoisotopic (exact) mass is 205 g/mol. The van der Waals surface area contributed by atoms with Crippen LogP contribution in [0.1, 0.15) is 11.3 Å². The standard InChI is InChI=1S/C10H15N5/c1-8-7-14(2)13-10(8)11-6-9-4-5-12-15(9)3/h4-5,7H,6H2,1-3H3,(H,11,13). The Hall–Kier alpha value is -1.78. The first-order valence-corrected chi connectivity index (χ1v) is 4.88. The molecule has 15 heavy (non-hydrogen) atoms. The van der Waals surface area contributed by atoms with Gasteiger partial charge >= 0.3 is 0 Å². The Bertz CT molecular complexity index is 454. The number of aromatic nitrogens is 4. The molecule has 0 fully saturated rings. The van der Waals surface area contributed by atoms with E-state index >= 15 is 0 Å². The van der Waals surface area contributed by atoms with E-state index < -0.39 is 0 Å². The highest BCUT2D eigenvalue weighted by molar-refractivity contribution is 5.41. The predicted octanol–water partition coefficient (Wildman–Crippen LogP) is 1.07. The number of aryl methyl sites for hydroxylation is 3. The molecule has 0 saturated heterocycles. The molecule has 0 saturated carbocycles. The quantitative estimate of drug-likeness (QED) is 0.815. The van der Waals surface area contributed by atoms with Gasteiger partial charge in [-0.2, -0.15) is 10.2 Å². The van der Waals surface area contributed by atoms with Crippen molar-refractivity contribution < 1.29 is 0 Å². The van der Waals surface area contributed by atoms with Crippen LogP contribution in [0.15, 0.2) is 18.5 Å². The van der Waals surface area contributed by atoms with Crippen molar-refractivity contribution in [3.63, 3.8) is 0 Å². The molecule has 0 atom stereocenters. The highest BCUT2D eigenvalue weighted by Crippen LogP contribution is 2.11. The summed E-state index contributed by atoms with van der Waals surface area (Å²) in [7, 11) is 3.85. The first kappa shape index (κ1) is 9.76. The zero-order valence-corrected chi connectivity index (χ0v) is 9.23. The molecule has 2 heterocycles. The van der Waals surface area contributed by atoms with Crippen LogP contribution in [-0.4, -0.2) is 19.6 Å². The molecule has 2 rings (SSSR count). The Kier molecular flexibility index (Phi) is 2.45. The van der Waals surface area contributed by atoms with Gasteiger partial charge in [0, 0.05) is 32.1 Å². The number of nitrogens with one attached hydrogen (secondary N) is 1. The lowest BCUT2D eigenvalue weighted by Crippen LogP contribution is -2.06. The van der Waals surface area contributed by atoms with Crippen molar-refractivity contribution in [1.29, 1.82) is 0 Å². The summed E-state index contributed by atoms with van der Waals surface area (Å²) in [6.07, 6.45) is 3.79. The maximum atomic E-state index is 4.32. The number of nitrogens with zero attached hydrogens (tertiary/aromatic N) is 4. The van der Waals surface area contributed by atoms with Crippen molar-refractivity contribution in [2.24, 2.45) is 14.1 Å². The first-order chi connectivity index (χ1) is 7.16. The molecular formula is C10H15N5. The largest absolute Gasteiger partial charge is 0.363 e. The highest BCUT2D eigenvalue weighted by Gasteiger charge is 2.03. The fraction of sp³-hybridized carbons (Fsp3) is 0.400. The van der Waals surface area contributed by atoms with Gasteiger partial charge in [-0.1, -0.05) is 0 Å². The van der Waals surface area contributed by atoms with Crippen LogP contribution in [0, 0.1) is 6.92 Å². The van der Waals surface area contributed by atoms with E-state index in [0.717, 1.165) is 23.6 Å². The Labute approximate surface area is 88.7 Å². The molecule has 0 aliphatic heterocycles.